The van der Waals surface area contributed by atoms with Crippen LogP contribution in [0.2, 0.25) is 0 Å². The lowest BCUT2D eigenvalue weighted by molar-refractivity contribution is -0.130. The van der Waals surface area contributed by atoms with Gasteiger partial charge in [0, 0.05) is 31.6 Å². The van der Waals surface area contributed by atoms with E-state index in [4.69, 9.17) is 4.74 Å². The highest BCUT2D eigenvalue weighted by atomic mass is 16.5. The van der Waals surface area contributed by atoms with Crippen LogP contribution in [0, 0.1) is 5.92 Å². The molecular weight excluding hydrogens is 394 g/mol. The molecule has 2 N–H and O–H groups in total. The van der Waals surface area contributed by atoms with E-state index in [1.165, 1.54) is 0 Å². The third-order valence-corrected chi connectivity index (χ3v) is 5.42. The first-order valence-electron chi connectivity index (χ1n) is 10.6. The smallest absolute Gasteiger partial charge is 0.251 e. The van der Waals surface area contributed by atoms with Gasteiger partial charge in [0.2, 0.25) is 11.8 Å². The molecule has 31 heavy (non-hydrogen) atoms. The molecule has 0 spiro atoms. The minimum absolute atomic E-state index is 0.0136. The van der Waals surface area contributed by atoms with Gasteiger partial charge < -0.3 is 20.3 Å². The predicted molar refractivity (Wildman–Crippen MR) is 118 cm³/mol. The molecule has 0 aliphatic carbocycles. The molecule has 2 aromatic carbocycles. The molecule has 0 radical (unpaired) electrons. The number of rotatable bonds is 9. The van der Waals surface area contributed by atoms with Gasteiger partial charge in [-0.25, -0.2) is 0 Å². The fourth-order valence-corrected chi connectivity index (χ4v) is 3.67. The van der Waals surface area contributed by atoms with Crippen molar-refractivity contribution >= 4 is 17.7 Å². The second kappa shape index (κ2) is 10.6. The molecule has 3 rings (SSSR count). The average Bonchev–Trinajstić information content (AvgIpc) is 3.19. The summed E-state index contributed by atoms with van der Waals surface area (Å²) in [4.78, 5) is 38.9. The Morgan fingerprint density at radius 3 is 2.42 bits per heavy atom. The highest BCUT2D eigenvalue weighted by Crippen LogP contribution is 2.28. The van der Waals surface area contributed by atoms with Crippen molar-refractivity contribution in [3.8, 4) is 5.75 Å². The molecule has 1 heterocycles. The number of hydrogen-bond acceptors (Lipinski definition) is 4. The number of nitrogens with zero attached hydrogens (tertiary/aromatic N) is 1. The van der Waals surface area contributed by atoms with E-state index in [0.717, 1.165) is 5.56 Å². The largest absolute Gasteiger partial charge is 0.494 e. The van der Waals surface area contributed by atoms with Crippen molar-refractivity contribution in [2.45, 2.75) is 26.3 Å². The summed E-state index contributed by atoms with van der Waals surface area (Å²) in [6.45, 7) is 5.46. The molecule has 1 aliphatic heterocycles. The zero-order valence-corrected chi connectivity index (χ0v) is 18.0. The monoisotopic (exact) mass is 423 g/mol. The van der Waals surface area contributed by atoms with Gasteiger partial charge in [0.05, 0.1) is 18.6 Å². The number of carbonyl (C=O) groups excluding carboxylic acids is 3. The van der Waals surface area contributed by atoms with Crippen LogP contribution in [0.4, 0.5) is 0 Å². The van der Waals surface area contributed by atoms with Crippen LogP contribution in [0.5, 0.6) is 5.75 Å². The lowest BCUT2D eigenvalue weighted by Crippen LogP contribution is -2.38. The maximum Gasteiger partial charge on any atom is 0.251 e. The summed E-state index contributed by atoms with van der Waals surface area (Å²) in [6.07, 6.45) is 0.210. The van der Waals surface area contributed by atoms with Crippen LogP contribution in [0.3, 0.4) is 0 Å². The van der Waals surface area contributed by atoms with Crippen molar-refractivity contribution in [3.63, 3.8) is 0 Å². The summed E-state index contributed by atoms with van der Waals surface area (Å²) in [6, 6.07) is 16.6. The van der Waals surface area contributed by atoms with Crippen molar-refractivity contribution in [2.75, 3.05) is 26.2 Å². The van der Waals surface area contributed by atoms with E-state index in [1.54, 1.807) is 29.2 Å². The fraction of sp³-hybridized carbons (Fsp3) is 0.375. The van der Waals surface area contributed by atoms with Gasteiger partial charge in [-0.15, -0.1) is 0 Å². The SMILES string of the molecule is CCOc1ccc(C(=O)NCCNC(=O)C2CC(=O)N(C(C)c3ccccc3)C2)cc1. The molecule has 1 aliphatic rings. The van der Waals surface area contributed by atoms with E-state index in [9.17, 15) is 14.4 Å². The number of benzene rings is 2. The Bertz CT molecular complexity index is 899. The van der Waals surface area contributed by atoms with Gasteiger partial charge >= 0.3 is 0 Å². The number of hydrogen-bond donors (Lipinski definition) is 2. The Labute approximate surface area is 182 Å². The molecule has 7 heteroatoms. The van der Waals surface area contributed by atoms with Crippen LogP contribution in [0.1, 0.15) is 42.2 Å². The van der Waals surface area contributed by atoms with Crippen molar-refractivity contribution in [1.82, 2.24) is 15.5 Å². The van der Waals surface area contributed by atoms with Crippen molar-refractivity contribution in [1.29, 1.82) is 0 Å². The fourth-order valence-electron chi connectivity index (χ4n) is 3.67. The summed E-state index contributed by atoms with van der Waals surface area (Å²) in [5, 5.41) is 5.61. The maximum atomic E-state index is 12.5. The van der Waals surface area contributed by atoms with Crippen molar-refractivity contribution in [3.05, 3.63) is 65.7 Å². The number of nitrogens with one attached hydrogen (secondary N) is 2. The summed E-state index contributed by atoms with van der Waals surface area (Å²) in [5.41, 5.74) is 1.58. The molecule has 0 aromatic heterocycles. The molecule has 2 unspecified atom stereocenters. The molecule has 0 bridgehead atoms. The third-order valence-electron chi connectivity index (χ3n) is 5.42. The van der Waals surface area contributed by atoms with Gasteiger partial charge in [-0.3, -0.25) is 14.4 Å². The summed E-state index contributed by atoms with van der Waals surface area (Å²) in [5.74, 6) is -0.0449. The molecule has 3 amide bonds. The Morgan fingerprint density at radius 2 is 1.74 bits per heavy atom. The zero-order valence-electron chi connectivity index (χ0n) is 18.0. The molecule has 2 aromatic rings. The molecule has 7 nitrogen and oxygen atoms in total. The third kappa shape index (κ3) is 5.84. The first kappa shape index (κ1) is 22.3. The number of ether oxygens (including phenoxy) is 1. The Balaban J connectivity index is 1.41. The molecule has 164 valence electrons. The molecular formula is C24H29N3O4. The Kier molecular flexibility index (Phi) is 7.65. The number of amides is 3. The minimum atomic E-state index is -0.375. The summed E-state index contributed by atoms with van der Waals surface area (Å²) < 4.78 is 5.36. The van der Waals surface area contributed by atoms with Gasteiger partial charge in [0.1, 0.15) is 5.75 Å². The number of carbonyl (C=O) groups is 3. The summed E-state index contributed by atoms with van der Waals surface area (Å²) in [7, 11) is 0. The molecule has 1 saturated heterocycles. The highest BCUT2D eigenvalue weighted by molar-refractivity contribution is 5.94. The highest BCUT2D eigenvalue weighted by Gasteiger charge is 2.36. The maximum absolute atomic E-state index is 12.5. The van der Waals surface area contributed by atoms with Crippen LogP contribution in [0.25, 0.3) is 0 Å². The summed E-state index contributed by atoms with van der Waals surface area (Å²) >= 11 is 0. The van der Waals surface area contributed by atoms with Gasteiger partial charge in [-0.05, 0) is 43.7 Å². The van der Waals surface area contributed by atoms with Crippen LogP contribution >= 0.6 is 0 Å². The van der Waals surface area contributed by atoms with Gasteiger partial charge in [-0.2, -0.15) is 0 Å². The predicted octanol–water partition coefficient (Wildman–Crippen LogP) is 2.54. The second-order valence-corrected chi connectivity index (χ2v) is 7.54. The first-order valence-corrected chi connectivity index (χ1v) is 10.6. The Morgan fingerprint density at radius 1 is 1.06 bits per heavy atom. The van der Waals surface area contributed by atoms with Crippen LogP contribution in [-0.2, 0) is 9.59 Å². The van der Waals surface area contributed by atoms with Crippen LogP contribution in [0.15, 0.2) is 54.6 Å². The van der Waals surface area contributed by atoms with E-state index in [1.807, 2.05) is 44.2 Å². The van der Waals surface area contributed by atoms with Crippen LogP contribution < -0.4 is 15.4 Å². The van der Waals surface area contributed by atoms with Crippen LogP contribution in [-0.4, -0.2) is 48.9 Å². The molecule has 0 saturated carbocycles. The lowest BCUT2D eigenvalue weighted by Gasteiger charge is -2.25. The minimum Gasteiger partial charge on any atom is -0.494 e. The zero-order chi connectivity index (χ0) is 22.2. The van der Waals surface area contributed by atoms with Crippen molar-refractivity contribution < 1.29 is 19.1 Å². The standard InChI is InChI=1S/C24H29N3O4/c1-3-31-21-11-9-19(10-12-21)23(29)25-13-14-26-24(30)20-15-22(28)27(16-20)17(2)18-7-5-4-6-8-18/h4-12,17,20H,3,13-16H2,1-2H3,(H,25,29)(H,26,30). The topological polar surface area (TPSA) is 87.7 Å². The van der Waals surface area contributed by atoms with Gasteiger partial charge in [0.25, 0.3) is 5.91 Å². The second-order valence-electron chi connectivity index (χ2n) is 7.54. The van der Waals surface area contributed by atoms with E-state index >= 15 is 0 Å². The van der Waals surface area contributed by atoms with E-state index in [2.05, 4.69) is 10.6 Å². The van der Waals surface area contributed by atoms with Gasteiger partial charge in [0.15, 0.2) is 0 Å². The van der Waals surface area contributed by atoms with E-state index in [0.29, 0.717) is 37.6 Å². The Hall–Kier alpha value is -3.35. The first-order chi connectivity index (χ1) is 15.0. The van der Waals surface area contributed by atoms with Crippen molar-refractivity contribution in [2.24, 2.45) is 5.92 Å². The number of likely N-dealkylation sites (tertiary alicyclic amines) is 1. The van der Waals surface area contributed by atoms with Gasteiger partial charge in [-0.1, -0.05) is 30.3 Å². The molecule has 2 atom stereocenters. The van der Waals surface area contributed by atoms with E-state index < -0.39 is 0 Å². The molecule has 1 fully saturated rings. The van der Waals surface area contributed by atoms with E-state index in [-0.39, 0.29) is 36.1 Å². The average molecular weight is 424 g/mol. The lowest BCUT2D eigenvalue weighted by atomic mass is 10.1. The quantitative estimate of drug-likeness (QED) is 0.607. The normalized spacial score (nSPS) is 16.6.